The van der Waals surface area contributed by atoms with E-state index in [0.29, 0.717) is 10.4 Å². The van der Waals surface area contributed by atoms with Crippen LogP contribution in [0.25, 0.3) is 6.08 Å². The summed E-state index contributed by atoms with van der Waals surface area (Å²) in [4.78, 5) is 11.9. The Bertz CT molecular complexity index is 648. The summed E-state index contributed by atoms with van der Waals surface area (Å²) in [6, 6.07) is 7.67. The molecule has 0 radical (unpaired) electrons. The highest BCUT2D eigenvalue weighted by molar-refractivity contribution is 9.10. The molecule has 0 bridgehead atoms. The molecule has 0 fully saturated rings. The van der Waals surface area contributed by atoms with Gasteiger partial charge in [-0.2, -0.15) is 0 Å². The number of carbonyl (C=O) groups excluding carboxylic acids is 1. The number of hydrogen-bond acceptors (Lipinski definition) is 2. The van der Waals surface area contributed by atoms with Gasteiger partial charge in [0, 0.05) is 11.8 Å². The smallest absolute Gasteiger partial charge is 0.248 e. The number of aryl methyl sites for hydroxylation is 3. The summed E-state index contributed by atoms with van der Waals surface area (Å²) in [5.74, 6) is 0.456. The zero-order chi connectivity index (χ0) is 14.7. The van der Waals surface area contributed by atoms with Crippen molar-refractivity contribution < 1.29 is 9.21 Å². The van der Waals surface area contributed by atoms with Crippen molar-refractivity contribution >= 4 is 33.6 Å². The first kappa shape index (κ1) is 14.6. The van der Waals surface area contributed by atoms with Gasteiger partial charge in [0.15, 0.2) is 4.67 Å². The molecule has 2 rings (SSSR count). The van der Waals surface area contributed by atoms with Gasteiger partial charge in [0.1, 0.15) is 5.76 Å². The lowest BCUT2D eigenvalue weighted by Crippen LogP contribution is -2.10. The van der Waals surface area contributed by atoms with E-state index in [1.54, 1.807) is 18.2 Å². The van der Waals surface area contributed by atoms with Crippen LogP contribution in [0, 0.1) is 20.8 Å². The van der Waals surface area contributed by atoms with Crippen LogP contribution in [-0.2, 0) is 4.79 Å². The first-order valence-corrected chi connectivity index (χ1v) is 7.07. The molecule has 0 spiro atoms. The number of rotatable bonds is 3. The first-order chi connectivity index (χ1) is 9.45. The maximum absolute atomic E-state index is 11.9. The summed E-state index contributed by atoms with van der Waals surface area (Å²) in [5.41, 5.74) is 4.18. The standard InChI is InChI=1S/C16H16BrNO2/c1-10-8-11(2)16(12(3)9-10)18-15(19)7-5-13-4-6-14(17)20-13/h4-9H,1-3H3,(H,18,19)/b7-5+. The Kier molecular flexibility index (Phi) is 4.45. The Morgan fingerprint density at radius 2 is 1.85 bits per heavy atom. The minimum absolute atomic E-state index is 0.174. The molecule has 104 valence electrons. The highest BCUT2D eigenvalue weighted by atomic mass is 79.9. The van der Waals surface area contributed by atoms with Gasteiger partial charge in [0.05, 0.1) is 0 Å². The molecule has 2 aromatic rings. The highest BCUT2D eigenvalue weighted by Gasteiger charge is 2.06. The SMILES string of the molecule is Cc1cc(C)c(NC(=O)/C=C/c2ccc(Br)o2)c(C)c1. The summed E-state index contributed by atoms with van der Waals surface area (Å²) in [7, 11) is 0. The van der Waals surface area contributed by atoms with Crippen LogP contribution < -0.4 is 5.32 Å². The molecule has 3 nitrogen and oxygen atoms in total. The molecule has 1 amide bonds. The molecule has 4 heteroatoms. The molecule has 1 aromatic carbocycles. The molecule has 0 atom stereocenters. The molecule has 0 saturated heterocycles. The second-order valence-electron chi connectivity index (χ2n) is 4.74. The summed E-state index contributed by atoms with van der Waals surface area (Å²) >= 11 is 3.22. The van der Waals surface area contributed by atoms with Crippen LogP contribution in [0.3, 0.4) is 0 Å². The Hall–Kier alpha value is -1.81. The number of anilines is 1. The lowest BCUT2D eigenvalue weighted by Gasteiger charge is -2.11. The fourth-order valence-corrected chi connectivity index (χ4v) is 2.44. The maximum atomic E-state index is 11.9. The van der Waals surface area contributed by atoms with Crippen LogP contribution >= 0.6 is 15.9 Å². The van der Waals surface area contributed by atoms with Gasteiger partial charge in [-0.3, -0.25) is 4.79 Å². The van der Waals surface area contributed by atoms with Gasteiger partial charge in [-0.25, -0.2) is 0 Å². The van der Waals surface area contributed by atoms with Gasteiger partial charge in [-0.1, -0.05) is 17.7 Å². The summed E-state index contributed by atoms with van der Waals surface area (Å²) < 4.78 is 5.94. The first-order valence-electron chi connectivity index (χ1n) is 6.28. The second kappa shape index (κ2) is 6.09. The normalized spacial score (nSPS) is 11.0. The van der Waals surface area contributed by atoms with Crippen LogP contribution in [0.1, 0.15) is 22.5 Å². The monoisotopic (exact) mass is 333 g/mol. The second-order valence-corrected chi connectivity index (χ2v) is 5.52. The van der Waals surface area contributed by atoms with Crippen molar-refractivity contribution in [2.24, 2.45) is 0 Å². The minimum Gasteiger partial charge on any atom is -0.450 e. The van der Waals surface area contributed by atoms with Crippen molar-refractivity contribution in [2.45, 2.75) is 20.8 Å². The van der Waals surface area contributed by atoms with Crippen LogP contribution in [-0.4, -0.2) is 5.91 Å². The van der Waals surface area contributed by atoms with Gasteiger partial charge in [0.25, 0.3) is 0 Å². The fourth-order valence-electron chi connectivity index (χ4n) is 2.12. The van der Waals surface area contributed by atoms with Crippen LogP contribution in [0.15, 0.2) is 39.4 Å². The third kappa shape index (κ3) is 3.61. The van der Waals surface area contributed by atoms with Crippen LogP contribution in [0.2, 0.25) is 0 Å². The fraction of sp³-hybridized carbons (Fsp3) is 0.188. The number of halogens is 1. The van der Waals surface area contributed by atoms with Crippen molar-refractivity contribution in [1.82, 2.24) is 0 Å². The molecule has 0 unspecified atom stereocenters. The number of amides is 1. The molecule has 1 N–H and O–H groups in total. The Balaban J connectivity index is 2.10. The number of furan rings is 1. The van der Waals surface area contributed by atoms with Crippen LogP contribution in [0.4, 0.5) is 5.69 Å². The molecular weight excluding hydrogens is 318 g/mol. The molecule has 0 aliphatic rings. The number of benzene rings is 1. The van der Waals surface area contributed by atoms with Gasteiger partial charge < -0.3 is 9.73 Å². The van der Waals surface area contributed by atoms with E-state index >= 15 is 0 Å². The maximum Gasteiger partial charge on any atom is 0.248 e. The van der Waals surface area contributed by atoms with E-state index in [9.17, 15) is 4.79 Å². The van der Waals surface area contributed by atoms with Gasteiger partial charge in [-0.15, -0.1) is 0 Å². The summed E-state index contributed by atoms with van der Waals surface area (Å²) in [5, 5.41) is 2.90. The van der Waals surface area contributed by atoms with Gasteiger partial charge in [-0.05, 0) is 66.0 Å². The molecule has 0 saturated carbocycles. The van der Waals surface area contributed by atoms with Gasteiger partial charge >= 0.3 is 0 Å². The van der Waals surface area contributed by atoms with E-state index in [4.69, 9.17) is 4.42 Å². The Morgan fingerprint density at radius 3 is 2.40 bits per heavy atom. The van der Waals surface area contributed by atoms with E-state index in [2.05, 4.69) is 33.4 Å². The average Bonchev–Trinajstić information content (AvgIpc) is 2.77. The van der Waals surface area contributed by atoms with E-state index in [-0.39, 0.29) is 5.91 Å². The lowest BCUT2D eigenvalue weighted by atomic mass is 10.1. The number of nitrogens with one attached hydrogen (secondary N) is 1. The molecule has 1 aromatic heterocycles. The van der Waals surface area contributed by atoms with E-state index in [0.717, 1.165) is 16.8 Å². The van der Waals surface area contributed by atoms with Crippen molar-refractivity contribution in [1.29, 1.82) is 0 Å². The van der Waals surface area contributed by atoms with E-state index < -0.39 is 0 Å². The quantitative estimate of drug-likeness (QED) is 0.832. The predicted molar refractivity (Wildman–Crippen MR) is 84.7 cm³/mol. The molecule has 1 heterocycles. The molecule has 0 aliphatic carbocycles. The minimum atomic E-state index is -0.174. The van der Waals surface area contributed by atoms with Gasteiger partial charge in [0.2, 0.25) is 5.91 Å². The molecule has 20 heavy (non-hydrogen) atoms. The highest BCUT2D eigenvalue weighted by Crippen LogP contribution is 2.22. The largest absolute Gasteiger partial charge is 0.450 e. The molecular formula is C16H16BrNO2. The molecule has 0 aliphatic heterocycles. The van der Waals surface area contributed by atoms with Crippen molar-refractivity contribution in [3.05, 3.63) is 57.5 Å². The van der Waals surface area contributed by atoms with Crippen LogP contribution in [0.5, 0.6) is 0 Å². The zero-order valence-corrected chi connectivity index (χ0v) is 13.2. The third-order valence-electron chi connectivity index (χ3n) is 2.92. The van der Waals surface area contributed by atoms with E-state index in [1.165, 1.54) is 11.6 Å². The van der Waals surface area contributed by atoms with Crippen molar-refractivity contribution in [3.8, 4) is 0 Å². The third-order valence-corrected chi connectivity index (χ3v) is 3.34. The topological polar surface area (TPSA) is 42.2 Å². The number of carbonyl (C=O) groups is 1. The zero-order valence-electron chi connectivity index (χ0n) is 11.7. The predicted octanol–water partition coefficient (Wildman–Crippen LogP) is 4.62. The summed E-state index contributed by atoms with van der Waals surface area (Å²) in [6.07, 6.45) is 3.10. The number of hydrogen-bond donors (Lipinski definition) is 1. The van der Waals surface area contributed by atoms with Crippen molar-refractivity contribution in [3.63, 3.8) is 0 Å². The Morgan fingerprint density at radius 1 is 1.20 bits per heavy atom. The summed E-state index contributed by atoms with van der Waals surface area (Å²) in [6.45, 7) is 6.02. The Labute approximate surface area is 126 Å². The van der Waals surface area contributed by atoms with E-state index in [1.807, 2.05) is 20.8 Å². The average molecular weight is 334 g/mol. The van der Waals surface area contributed by atoms with Crippen molar-refractivity contribution in [2.75, 3.05) is 5.32 Å². The lowest BCUT2D eigenvalue weighted by molar-refractivity contribution is -0.111.